The van der Waals surface area contributed by atoms with Gasteiger partial charge in [0.1, 0.15) is 17.5 Å². The van der Waals surface area contributed by atoms with Crippen molar-refractivity contribution in [1.29, 1.82) is 0 Å². The summed E-state index contributed by atoms with van der Waals surface area (Å²) in [6.07, 6.45) is 1.90. The highest BCUT2D eigenvalue weighted by molar-refractivity contribution is 7.11. The van der Waals surface area contributed by atoms with Crippen molar-refractivity contribution in [1.82, 2.24) is 9.78 Å². The van der Waals surface area contributed by atoms with Crippen molar-refractivity contribution in [2.75, 3.05) is 5.32 Å². The molecule has 36 heavy (non-hydrogen) atoms. The molecule has 0 saturated carbocycles. The number of nitrogens with one attached hydrogen (secondary N) is 1. The van der Waals surface area contributed by atoms with Crippen LogP contribution in [-0.2, 0) is 0 Å². The quantitative estimate of drug-likeness (QED) is 0.239. The second kappa shape index (κ2) is 9.81. The molecule has 0 aliphatic heterocycles. The van der Waals surface area contributed by atoms with E-state index < -0.39 is 0 Å². The first-order valence-electron chi connectivity index (χ1n) is 11.4. The first-order chi connectivity index (χ1) is 17.7. The summed E-state index contributed by atoms with van der Waals surface area (Å²) < 4.78 is 8.28. The van der Waals surface area contributed by atoms with Gasteiger partial charge in [-0.3, -0.25) is 9.48 Å². The number of amides is 1. The second-order valence-electron chi connectivity index (χ2n) is 8.19. The fourth-order valence-corrected chi connectivity index (χ4v) is 5.86. The van der Waals surface area contributed by atoms with E-state index in [9.17, 15) is 4.79 Å². The fourth-order valence-electron chi connectivity index (χ4n) is 4.13. The molecule has 7 heteroatoms. The van der Waals surface area contributed by atoms with E-state index in [4.69, 9.17) is 9.84 Å². The van der Waals surface area contributed by atoms with Crippen LogP contribution in [0.3, 0.4) is 0 Å². The zero-order valence-corrected chi connectivity index (χ0v) is 20.7. The summed E-state index contributed by atoms with van der Waals surface area (Å²) in [6, 6.07) is 31.0. The Labute approximate surface area is 216 Å². The smallest absolute Gasteiger partial charge is 0.255 e. The summed E-state index contributed by atoms with van der Waals surface area (Å²) >= 11 is 3.46. The summed E-state index contributed by atoms with van der Waals surface area (Å²) in [7, 11) is 0. The van der Waals surface area contributed by atoms with E-state index in [1.54, 1.807) is 34.8 Å². The Morgan fingerprint density at radius 1 is 0.806 bits per heavy atom. The highest BCUT2D eigenvalue weighted by atomic mass is 32.1. The monoisotopic (exact) mass is 507 g/mol. The fraction of sp³-hybridized carbons (Fsp3) is 0.0345. The average molecular weight is 508 g/mol. The maximum absolute atomic E-state index is 12.5. The highest BCUT2D eigenvalue weighted by Gasteiger charge is 2.21. The molecule has 1 N–H and O–H groups in total. The summed E-state index contributed by atoms with van der Waals surface area (Å²) in [4.78, 5) is 15.0. The van der Waals surface area contributed by atoms with Gasteiger partial charge in [-0.05, 0) is 59.3 Å². The molecule has 5 nitrogen and oxygen atoms in total. The summed E-state index contributed by atoms with van der Waals surface area (Å²) in [6.45, 7) is 0. The Balaban J connectivity index is 1.29. The van der Waals surface area contributed by atoms with Crippen molar-refractivity contribution in [2.45, 2.75) is 6.04 Å². The van der Waals surface area contributed by atoms with Crippen LogP contribution in [-0.4, -0.2) is 15.7 Å². The van der Waals surface area contributed by atoms with Gasteiger partial charge in [0.05, 0.1) is 11.7 Å². The number of rotatable bonds is 7. The van der Waals surface area contributed by atoms with Crippen LogP contribution in [0, 0.1) is 0 Å². The molecular weight excluding hydrogens is 486 g/mol. The number of carbonyl (C=O) groups is 1. The molecule has 6 rings (SSSR count). The van der Waals surface area contributed by atoms with Gasteiger partial charge in [0.15, 0.2) is 0 Å². The number of benzene rings is 3. The standard InChI is InChI=1S/C29H21N3O2S2/c33-29(20-7-2-1-3-8-20)31-22-9-4-10-23(17-22)34-24-14-13-21-19-30-32(25(21)18-24)28(26-11-5-15-35-26)27-12-6-16-36-27/h1-19,28H,(H,31,33). The van der Waals surface area contributed by atoms with Crippen LogP contribution >= 0.6 is 22.7 Å². The Bertz CT molecular complexity index is 1570. The molecule has 0 fully saturated rings. The van der Waals surface area contributed by atoms with Crippen LogP contribution in [0.15, 0.2) is 114 Å². The van der Waals surface area contributed by atoms with E-state index >= 15 is 0 Å². The van der Waals surface area contributed by atoms with E-state index in [0.717, 1.165) is 10.9 Å². The van der Waals surface area contributed by atoms with Crippen LogP contribution in [0.1, 0.15) is 26.2 Å². The third-order valence-corrected chi connectivity index (χ3v) is 7.65. The molecule has 6 aromatic rings. The van der Waals surface area contributed by atoms with E-state index in [1.165, 1.54) is 9.75 Å². The molecule has 0 atom stereocenters. The number of hydrogen-bond donors (Lipinski definition) is 1. The van der Waals surface area contributed by atoms with Crippen LogP contribution in [0.25, 0.3) is 10.9 Å². The molecule has 0 aliphatic rings. The zero-order chi connectivity index (χ0) is 24.3. The lowest BCUT2D eigenvalue weighted by molar-refractivity contribution is 0.102. The molecule has 1 amide bonds. The number of fused-ring (bicyclic) bond motifs is 1. The minimum Gasteiger partial charge on any atom is -0.457 e. The number of hydrogen-bond acceptors (Lipinski definition) is 5. The molecule has 0 spiro atoms. The van der Waals surface area contributed by atoms with Crippen molar-refractivity contribution >= 4 is 45.2 Å². The van der Waals surface area contributed by atoms with Crippen molar-refractivity contribution in [3.63, 3.8) is 0 Å². The van der Waals surface area contributed by atoms with Gasteiger partial charge < -0.3 is 10.1 Å². The van der Waals surface area contributed by atoms with Gasteiger partial charge in [-0.25, -0.2) is 0 Å². The van der Waals surface area contributed by atoms with Crippen LogP contribution in [0.4, 0.5) is 5.69 Å². The summed E-state index contributed by atoms with van der Waals surface area (Å²) in [5, 5.41) is 12.9. The Kier molecular flexibility index (Phi) is 6.07. The number of thiophene rings is 2. The van der Waals surface area contributed by atoms with Gasteiger partial charge in [-0.1, -0.05) is 36.4 Å². The van der Waals surface area contributed by atoms with Gasteiger partial charge in [0, 0.05) is 38.5 Å². The largest absolute Gasteiger partial charge is 0.457 e. The maximum Gasteiger partial charge on any atom is 0.255 e. The topological polar surface area (TPSA) is 56.1 Å². The lowest BCUT2D eigenvalue weighted by atomic mass is 10.2. The average Bonchev–Trinajstić information content (AvgIpc) is 3.69. The molecule has 0 saturated heterocycles. The Morgan fingerprint density at radius 2 is 1.56 bits per heavy atom. The molecule has 176 valence electrons. The number of aromatic nitrogens is 2. The lowest BCUT2D eigenvalue weighted by Crippen LogP contribution is -2.11. The van der Waals surface area contributed by atoms with E-state index in [-0.39, 0.29) is 11.9 Å². The molecule has 0 aliphatic carbocycles. The van der Waals surface area contributed by atoms with Crippen LogP contribution in [0.2, 0.25) is 0 Å². The normalized spacial score (nSPS) is 11.1. The molecule has 3 aromatic heterocycles. The van der Waals surface area contributed by atoms with Crippen molar-refractivity contribution in [3.8, 4) is 11.5 Å². The van der Waals surface area contributed by atoms with Crippen molar-refractivity contribution in [2.24, 2.45) is 0 Å². The van der Waals surface area contributed by atoms with Gasteiger partial charge in [-0.2, -0.15) is 5.10 Å². The number of ether oxygens (including phenoxy) is 1. The third kappa shape index (κ3) is 4.54. The first kappa shape index (κ1) is 22.3. The van der Waals surface area contributed by atoms with E-state index in [2.05, 4.69) is 45.0 Å². The minimum atomic E-state index is -0.161. The van der Waals surface area contributed by atoms with E-state index in [1.807, 2.05) is 66.9 Å². The molecule has 0 bridgehead atoms. The molecule has 0 unspecified atom stereocenters. The minimum absolute atomic E-state index is 0.00859. The predicted molar refractivity (Wildman–Crippen MR) is 147 cm³/mol. The van der Waals surface area contributed by atoms with Crippen molar-refractivity contribution < 1.29 is 9.53 Å². The predicted octanol–water partition coefficient (Wildman–Crippen LogP) is 7.84. The Hall–Kier alpha value is -4.20. The number of carbonyl (C=O) groups excluding carboxylic acids is 1. The zero-order valence-electron chi connectivity index (χ0n) is 19.1. The molecule has 0 radical (unpaired) electrons. The van der Waals surface area contributed by atoms with Gasteiger partial charge in [-0.15, -0.1) is 22.7 Å². The van der Waals surface area contributed by atoms with Crippen LogP contribution in [0.5, 0.6) is 11.5 Å². The maximum atomic E-state index is 12.5. The molecule has 3 aromatic carbocycles. The van der Waals surface area contributed by atoms with Gasteiger partial charge in [0.2, 0.25) is 0 Å². The molecule has 3 heterocycles. The van der Waals surface area contributed by atoms with Gasteiger partial charge >= 0.3 is 0 Å². The SMILES string of the molecule is O=C(Nc1cccc(Oc2ccc3cnn(C(c4cccs4)c4cccs4)c3c2)c1)c1ccccc1. The summed E-state index contributed by atoms with van der Waals surface area (Å²) in [5.41, 5.74) is 2.27. The van der Waals surface area contributed by atoms with Crippen molar-refractivity contribution in [3.05, 3.63) is 129 Å². The summed E-state index contributed by atoms with van der Waals surface area (Å²) in [5.74, 6) is 1.18. The second-order valence-corrected chi connectivity index (χ2v) is 10.2. The highest BCUT2D eigenvalue weighted by Crippen LogP contribution is 2.36. The number of anilines is 1. The first-order valence-corrected chi connectivity index (χ1v) is 13.2. The Morgan fingerprint density at radius 3 is 2.28 bits per heavy atom. The van der Waals surface area contributed by atoms with E-state index in [0.29, 0.717) is 22.7 Å². The van der Waals surface area contributed by atoms with Gasteiger partial charge in [0.25, 0.3) is 5.91 Å². The third-order valence-electron chi connectivity index (χ3n) is 5.80. The lowest BCUT2D eigenvalue weighted by Gasteiger charge is -2.16. The number of nitrogens with zero attached hydrogens (tertiary/aromatic N) is 2. The molecular formula is C29H21N3O2S2. The van der Waals surface area contributed by atoms with Crippen LogP contribution < -0.4 is 10.1 Å².